The minimum atomic E-state index is -4.77. The Morgan fingerprint density at radius 1 is 1.20 bits per heavy atom. The second kappa shape index (κ2) is 9.17. The molecule has 0 saturated carbocycles. The summed E-state index contributed by atoms with van der Waals surface area (Å²) in [5.41, 5.74) is -1.18. The first-order valence-electron chi connectivity index (χ1n) is 9.59. The molecule has 1 aromatic carbocycles. The molecule has 0 aliphatic carbocycles. The normalized spacial score (nSPS) is 16.5. The van der Waals surface area contributed by atoms with E-state index in [-0.39, 0.29) is 37.8 Å². The highest BCUT2D eigenvalue weighted by Gasteiger charge is 2.40. The van der Waals surface area contributed by atoms with Gasteiger partial charge in [-0.15, -0.1) is 0 Å². The van der Waals surface area contributed by atoms with Crippen molar-refractivity contribution < 1.29 is 26.4 Å². The van der Waals surface area contributed by atoms with Crippen LogP contribution >= 0.6 is 0 Å². The number of carbonyl (C=O) groups is 1. The third-order valence-corrected chi connectivity index (χ3v) is 7.04. The summed E-state index contributed by atoms with van der Waals surface area (Å²) in [6, 6.07) is 4.16. The molecule has 164 valence electrons. The summed E-state index contributed by atoms with van der Waals surface area (Å²) < 4.78 is 68.1. The van der Waals surface area contributed by atoms with E-state index in [1.165, 1.54) is 6.07 Å². The highest BCUT2D eigenvalue weighted by Crippen LogP contribution is 2.36. The Balaban J connectivity index is 1.54. The molecule has 2 heterocycles. The SMILES string of the molecule is O=C(NCCCn1ccnc1)C1CCN(S(=O)(=O)c2ccccc2C(F)(F)F)CC1. The molecule has 1 fully saturated rings. The quantitative estimate of drug-likeness (QED) is 0.665. The van der Waals surface area contributed by atoms with E-state index >= 15 is 0 Å². The maximum Gasteiger partial charge on any atom is 0.417 e. The molecule has 1 saturated heterocycles. The van der Waals surface area contributed by atoms with Crippen molar-refractivity contribution in [2.45, 2.75) is 36.9 Å². The number of alkyl halides is 3. The van der Waals surface area contributed by atoms with Crippen LogP contribution in [0.1, 0.15) is 24.8 Å². The summed E-state index contributed by atoms with van der Waals surface area (Å²) in [5.74, 6) is -0.518. The number of aryl methyl sites for hydroxylation is 1. The smallest absolute Gasteiger partial charge is 0.356 e. The monoisotopic (exact) mass is 444 g/mol. The number of amides is 1. The molecule has 1 N–H and O–H groups in total. The molecule has 1 aliphatic rings. The van der Waals surface area contributed by atoms with Crippen molar-refractivity contribution >= 4 is 15.9 Å². The Hall–Kier alpha value is -2.40. The standard InChI is InChI=1S/C19H23F3N4O3S/c20-19(21,22)16-4-1-2-5-17(16)30(28,29)26-11-6-15(7-12-26)18(27)24-8-3-10-25-13-9-23-14-25/h1-2,4-5,9,13-15H,3,6-8,10-12H2,(H,24,27). The van der Waals surface area contributed by atoms with Gasteiger partial charge in [0.05, 0.1) is 16.8 Å². The third-order valence-electron chi connectivity index (χ3n) is 5.09. The predicted molar refractivity (Wildman–Crippen MR) is 103 cm³/mol. The maximum atomic E-state index is 13.2. The number of nitrogens with one attached hydrogen (secondary N) is 1. The number of aromatic nitrogens is 2. The number of sulfonamides is 1. The number of imidazole rings is 1. The average molecular weight is 444 g/mol. The average Bonchev–Trinajstić information content (AvgIpc) is 3.24. The molecular formula is C19H23F3N4O3S. The lowest BCUT2D eigenvalue weighted by molar-refractivity contribution is -0.139. The Kier molecular flexibility index (Phi) is 6.81. The molecule has 0 bridgehead atoms. The number of piperidine rings is 1. The molecule has 7 nitrogen and oxygen atoms in total. The van der Waals surface area contributed by atoms with Gasteiger partial charge < -0.3 is 9.88 Å². The molecule has 0 spiro atoms. The number of hydrogen-bond donors (Lipinski definition) is 1. The molecule has 1 aromatic heterocycles. The molecule has 0 unspecified atom stereocenters. The van der Waals surface area contributed by atoms with Crippen LogP contribution in [-0.2, 0) is 27.5 Å². The van der Waals surface area contributed by atoms with Crippen molar-refractivity contribution in [3.05, 3.63) is 48.5 Å². The fourth-order valence-corrected chi connectivity index (χ4v) is 5.14. The second-order valence-corrected chi connectivity index (χ2v) is 9.02. The van der Waals surface area contributed by atoms with Crippen LogP contribution in [0.5, 0.6) is 0 Å². The van der Waals surface area contributed by atoms with Crippen LogP contribution in [0, 0.1) is 5.92 Å². The van der Waals surface area contributed by atoms with E-state index in [1.54, 1.807) is 12.5 Å². The minimum absolute atomic E-state index is 0.00163. The topological polar surface area (TPSA) is 84.3 Å². The van der Waals surface area contributed by atoms with Gasteiger partial charge in [0.2, 0.25) is 15.9 Å². The molecule has 30 heavy (non-hydrogen) atoms. The number of benzene rings is 1. The van der Waals surface area contributed by atoms with Crippen molar-refractivity contribution in [2.24, 2.45) is 5.92 Å². The summed E-state index contributed by atoms with van der Waals surface area (Å²) in [7, 11) is -4.30. The van der Waals surface area contributed by atoms with Gasteiger partial charge in [-0.2, -0.15) is 17.5 Å². The van der Waals surface area contributed by atoms with Gasteiger partial charge in [0.25, 0.3) is 0 Å². The predicted octanol–water partition coefficient (Wildman–Crippen LogP) is 2.51. The fraction of sp³-hybridized carbons (Fsp3) is 0.474. The van der Waals surface area contributed by atoms with Crippen LogP contribution in [0.4, 0.5) is 13.2 Å². The van der Waals surface area contributed by atoms with Crippen LogP contribution in [0.3, 0.4) is 0 Å². The van der Waals surface area contributed by atoms with Crippen molar-refractivity contribution in [1.82, 2.24) is 19.2 Å². The van der Waals surface area contributed by atoms with Crippen molar-refractivity contribution in [3.8, 4) is 0 Å². The van der Waals surface area contributed by atoms with Crippen molar-refractivity contribution in [2.75, 3.05) is 19.6 Å². The van der Waals surface area contributed by atoms with E-state index in [9.17, 15) is 26.4 Å². The van der Waals surface area contributed by atoms with Gasteiger partial charge in [0, 0.05) is 44.5 Å². The van der Waals surface area contributed by atoms with Crippen molar-refractivity contribution in [3.63, 3.8) is 0 Å². The maximum absolute atomic E-state index is 13.2. The van der Waals surface area contributed by atoms with Gasteiger partial charge in [-0.05, 0) is 31.4 Å². The molecule has 0 radical (unpaired) electrons. The Morgan fingerprint density at radius 2 is 1.90 bits per heavy atom. The minimum Gasteiger partial charge on any atom is -0.356 e. The van der Waals surface area contributed by atoms with E-state index in [0.717, 1.165) is 35.5 Å². The first-order valence-corrected chi connectivity index (χ1v) is 11.0. The van der Waals surface area contributed by atoms with Gasteiger partial charge in [0.1, 0.15) is 0 Å². The van der Waals surface area contributed by atoms with Crippen LogP contribution in [0.15, 0.2) is 47.9 Å². The first-order chi connectivity index (χ1) is 14.2. The van der Waals surface area contributed by atoms with Gasteiger partial charge in [-0.3, -0.25) is 4.79 Å². The summed E-state index contributed by atoms with van der Waals surface area (Å²) in [4.78, 5) is 15.5. The zero-order valence-electron chi connectivity index (χ0n) is 16.2. The molecule has 11 heteroatoms. The van der Waals surface area contributed by atoms with Gasteiger partial charge in [-0.25, -0.2) is 13.4 Å². The largest absolute Gasteiger partial charge is 0.417 e. The fourth-order valence-electron chi connectivity index (χ4n) is 3.46. The van der Waals surface area contributed by atoms with Gasteiger partial charge in [-0.1, -0.05) is 12.1 Å². The van der Waals surface area contributed by atoms with E-state index < -0.39 is 26.7 Å². The van der Waals surface area contributed by atoms with Gasteiger partial charge >= 0.3 is 6.18 Å². The van der Waals surface area contributed by atoms with E-state index in [2.05, 4.69) is 10.3 Å². The highest BCUT2D eigenvalue weighted by molar-refractivity contribution is 7.89. The zero-order valence-corrected chi connectivity index (χ0v) is 17.0. The molecule has 1 aliphatic heterocycles. The summed E-state index contributed by atoms with van der Waals surface area (Å²) in [6.07, 6.45) is 1.68. The lowest BCUT2D eigenvalue weighted by atomic mass is 9.97. The van der Waals surface area contributed by atoms with Crippen molar-refractivity contribution in [1.29, 1.82) is 0 Å². The molecular weight excluding hydrogens is 421 g/mol. The highest BCUT2D eigenvalue weighted by atomic mass is 32.2. The molecule has 2 aromatic rings. The summed E-state index contributed by atoms with van der Waals surface area (Å²) in [5, 5.41) is 2.84. The number of rotatable bonds is 7. The van der Waals surface area contributed by atoms with Gasteiger partial charge in [0.15, 0.2) is 0 Å². The van der Waals surface area contributed by atoms with Crippen LogP contribution in [0.25, 0.3) is 0 Å². The van der Waals surface area contributed by atoms with Crippen LogP contribution < -0.4 is 5.32 Å². The summed E-state index contributed by atoms with van der Waals surface area (Å²) >= 11 is 0. The summed E-state index contributed by atoms with van der Waals surface area (Å²) in [6.45, 7) is 1.20. The third kappa shape index (κ3) is 5.20. The Morgan fingerprint density at radius 3 is 2.53 bits per heavy atom. The number of halogens is 3. The van der Waals surface area contributed by atoms with E-state index in [4.69, 9.17) is 0 Å². The van der Waals surface area contributed by atoms with E-state index in [0.29, 0.717) is 6.54 Å². The Labute approximate surface area is 172 Å². The molecule has 0 atom stereocenters. The number of carbonyl (C=O) groups excluding carboxylic acids is 1. The van der Waals surface area contributed by atoms with Crippen LogP contribution in [0.2, 0.25) is 0 Å². The number of nitrogens with zero attached hydrogens (tertiary/aromatic N) is 3. The number of hydrogen-bond acceptors (Lipinski definition) is 4. The van der Waals surface area contributed by atoms with Crippen LogP contribution in [-0.4, -0.2) is 47.8 Å². The lowest BCUT2D eigenvalue weighted by Gasteiger charge is -2.31. The zero-order chi connectivity index (χ0) is 21.8. The lowest BCUT2D eigenvalue weighted by Crippen LogP contribution is -2.43. The Bertz CT molecular complexity index is 954. The molecule has 3 rings (SSSR count). The molecule has 1 amide bonds. The second-order valence-electron chi connectivity index (χ2n) is 7.12. The van der Waals surface area contributed by atoms with E-state index in [1.807, 2.05) is 10.8 Å². The first kappa shape index (κ1) is 22.3.